The number of aryl methyl sites for hydroxylation is 1. The fraction of sp³-hybridized carbons (Fsp3) is 0.143. The van der Waals surface area contributed by atoms with Crippen LogP contribution in [0.4, 0.5) is 5.69 Å². The normalized spacial score (nSPS) is 11.0. The third-order valence-electron chi connectivity index (χ3n) is 3.97. The molecular weight excluding hydrogens is 342 g/mol. The molecule has 0 aliphatic heterocycles. The van der Waals surface area contributed by atoms with Crippen molar-refractivity contribution in [3.05, 3.63) is 70.7 Å². The lowest BCUT2D eigenvalue weighted by Crippen LogP contribution is -1.92. The Hall–Kier alpha value is -3.10. The van der Waals surface area contributed by atoms with E-state index in [1.54, 1.807) is 13.3 Å². The lowest BCUT2D eigenvalue weighted by molar-refractivity contribution is 0.415. The molecule has 2 aromatic carbocycles. The minimum absolute atomic E-state index is 0.495. The number of nitrogens with one attached hydrogen (secondary N) is 1. The van der Waals surface area contributed by atoms with Crippen LogP contribution in [-0.4, -0.2) is 12.1 Å². The predicted octanol–water partition coefficient (Wildman–Crippen LogP) is 5.36. The molecule has 0 unspecified atom stereocenters. The maximum Gasteiger partial charge on any atom is 0.136 e. The molecule has 4 nitrogen and oxygen atoms in total. The molecule has 0 spiro atoms. The van der Waals surface area contributed by atoms with Crippen molar-refractivity contribution in [1.29, 1.82) is 5.26 Å². The Morgan fingerprint density at radius 2 is 2.08 bits per heavy atom. The van der Waals surface area contributed by atoms with Gasteiger partial charge in [-0.05, 0) is 24.1 Å². The number of nitriles is 1. The summed E-state index contributed by atoms with van der Waals surface area (Å²) in [5.41, 5.74) is 4.58. The number of thiazole rings is 1. The quantitative estimate of drug-likeness (QED) is 0.601. The number of methoxy groups -OCH3 is 1. The number of hydrogen-bond acceptors (Lipinski definition) is 5. The van der Waals surface area contributed by atoms with Gasteiger partial charge in [0.25, 0.3) is 0 Å². The van der Waals surface area contributed by atoms with Crippen LogP contribution in [0.5, 0.6) is 5.75 Å². The average Bonchev–Trinajstić information content (AvgIpc) is 3.19. The van der Waals surface area contributed by atoms with E-state index >= 15 is 0 Å². The van der Waals surface area contributed by atoms with Crippen LogP contribution in [0.3, 0.4) is 0 Å². The number of nitrogens with zero attached hydrogens (tertiary/aromatic N) is 2. The highest BCUT2D eigenvalue weighted by Crippen LogP contribution is 2.26. The second-order valence-corrected chi connectivity index (χ2v) is 6.49. The fourth-order valence-corrected chi connectivity index (χ4v) is 3.25. The Morgan fingerprint density at radius 3 is 2.77 bits per heavy atom. The Bertz CT molecular complexity index is 952. The average molecular weight is 361 g/mol. The summed E-state index contributed by atoms with van der Waals surface area (Å²) in [6.07, 6.45) is 2.69. The monoisotopic (exact) mass is 361 g/mol. The van der Waals surface area contributed by atoms with E-state index in [2.05, 4.69) is 47.6 Å². The highest BCUT2D eigenvalue weighted by molar-refractivity contribution is 7.11. The SMILES string of the molecule is CCc1ccc(-c2csc(C(C#N)=CNc3cccc(OC)c3)n2)cc1. The van der Waals surface area contributed by atoms with Crippen LogP contribution >= 0.6 is 11.3 Å². The number of ether oxygens (including phenoxy) is 1. The summed E-state index contributed by atoms with van der Waals surface area (Å²) in [6.45, 7) is 2.13. The number of anilines is 1. The molecule has 26 heavy (non-hydrogen) atoms. The largest absolute Gasteiger partial charge is 0.497 e. The van der Waals surface area contributed by atoms with Gasteiger partial charge in [-0.3, -0.25) is 0 Å². The van der Waals surface area contributed by atoms with E-state index in [9.17, 15) is 5.26 Å². The molecule has 0 bridgehead atoms. The molecule has 0 saturated carbocycles. The molecule has 0 saturated heterocycles. The molecule has 0 aliphatic rings. The number of benzene rings is 2. The van der Waals surface area contributed by atoms with E-state index < -0.39 is 0 Å². The molecule has 0 amide bonds. The third-order valence-corrected chi connectivity index (χ3v) is 4.84. The van der Waals surface area contributed by atoms with E-state index in [0.29, 0.717) is 10.6 Å². The van der Waals surface area contributed by atoms with Gasteiger partial charge in [0.15, 0.2) is 0 Å². The number of allylic oxidation sites excluding steroid dienone is 1. The number of rotatable bonds is 6. The summed E-state index contributed by atoms with van der Waals surface area (Å²) >= 11 is 1.46. The molecule has 0 atom stereocenters. The summed E-state index contributed by atoms with van der Waals surface area (Å²) in [5.74, 6) is 0.758. The van der Waals surface area contributed by atoms with Gasteiger partial charge < -0.3 is 10.1 Å². The van der Waals surface area contributed by atoms with Crippen molar-refractivity contribution < 1.29 is 4.74 Å². The molecule has 0 aliphatic carbocycles. The van der Waals surface area contributed by atoms with Crippen LogP contribution in [0.15, 0.2) is 60.1 Å². The van der Waals surface area contributed by atoms with Crippen LogP contribution in [0.1, 0.15) is 17.5 Å². The second-order valence-electron chi connectivity index (χ2n) is 5.63. The molecule has 1 heterocycles. The highest BCUT2D eigenvalue weighted by atomic mass is 32.1. The van der Waals surface area contributed by atoms with Crippen molar-refractivity contribution in [2.45, 2.75) is 13.3 Å². The lowest BCUT2D eigenvalue weighted by atomic mass is 10.1. The van der Waals surface area contributed by atoms with Gasteiger partial charge >= 0.3 is 0 Å². The van der Waals surface area contributed by atoms with Crippen LogP contribution in [0.2, 0.25) is 0 Å². The maximum absolute atomic E-state index is 9.49. The molecule has 3 aromatic rings. The lowest BCUT2D eigenvalue weighted by Gasteiger charge is -2.04. The van der Waals surface area contributed by atoms with Crippen LogP contribution in [-0.2, 0) is 6.42 Å². The van der Waals surface area contributed by atoms with Gasteiger partial charge in [-0.15, -0.1) is 11.3 Å². The molecular formula is C21H19N3OS. The van der Waals surface area contributed by atoms with Crippen molar-refractivity contribution in [2.75, 3.05) is 12.4 Å². The Morgan fingerprint density at radius 1 is 1.27 bits per heavy atom. The standard InChI is InChI=1S/C21H19N3OS/c1-3-15-7-9-16(10-8-15)20-14-26-21(24-20)17(12-22)13-23-18-5-4-6-19(11-18)25-2/h4-11,13-14,23H,3H2,1-2H3. The molecule has 1 aromatic heterocycles. The van der Waals surface area contributed by atoms with Gasteiger partial charge in [0, 0.05) is 28.9 Å². The molecule has 0 radical (unpaired) electrons. The van der Waals surface area contributed by atoms with Crippen LogP contribution in [0, 0.1) is 11.3 Å². The summed E-state index contributed by atoms with van der Waals surface area (Å²) in [6, 6.07) is 18.1. The minimum atomic E-state index is 0.495. The Labute approximate surface area is 157 Å². The van der Waals surface area contributed by atoms with Crippen LogP contribution < -0.4 is 10.1 Å². The van der Waals surface area contributed by atoms with E-state index in [1.165, 1.54) is 16.9 Å². The molecule has 0 fully saturated rings. The van der Waals surface area contributed by atoms with Crippen molar-refractivity contribution in [3.63, 3.8) is 0 Å². The van der Waals surface area contributed by atoms with Gasteiger partial charge in [0.2, 0.25) is 0 Å². The summed E-state index contributed by atoms with van der Waals surface area (Å²) in [4.78, 5) is 4.62. The first-order chi connectivity index (χ1) is 12.7. The smallest absolute Gasteiger partial charge is 0.136 e. The number of aromatic nitrogens is 1. The minimum Gasteiger partial charge on any atom is -0.497 e. The van der Waals surface area contributed by atoms with Crippen molar-refractivity contribution in [1.82, 2.24) is 4.98 Å². The highest BCUT2D eigenvalue weighted by Gasteiger charge is 2.09. The second kappa shape index (κ2) is 8.32. The number of hydrogen-bond donors (Lipinski definition) is 1. The van der Waals surface area contributed by atoms with Gasteiger partial charge in [0.1, 0.15) is 22.4 Å². The molecule has 5 heteroatoms. The van der Waals surface area contributed by atoms with Crippen LogP contribution in [0.25, 0.3) is 16.8 Å². The zero-order valence-electron chi connectivity index (χ0n) is 14.7. The van der Waals surface area contributed by atoms with Crippen molar-refractivity contribution in [2.24, 2.45) is 0 Å². The molecule has 3 rings (SSSR count). The summed E-state index contributed by atoms with van der Waals surface area (Å²) in [7, 11) is 1.62. The topological polar surface area (TPSA) is 57.9 Å². The maximum atomic E-state index is 9.49. The third kappa shape index (κ3) is 4.11. The fourth-order valence-electron chi connectivity index (χ4n) is 2.45. The van der Waals surface area contributed by atoms with Gasteiger partial charge in [0.05, 0.1) is 12.8 Å². The van der Waals surface area contributed by atoms with Crippen molar-refractivity contribution >= 4 is 22.6 Å². The summed E-state index contributed by atoms with van der Waals surface area (Å²) < 4.78 is 5.21. The zero-order valence-corrected chi connectivity index (χ0v) is 15.5. The van der Waals surface area contributed by atoms with Gasteiger partial charge in [-0.1, -0.05) is 37.3 Å². The van der Waals surface area contributed by atoms with Crippen molar-refractivity contribution in [3.8, 4) is 23.1 Å². The molecule has 1 N–H and O–H groups in total. The first-order valence-electron chi connectivity index (χ1n) is 8.29. The van der Waals surface area contributed by atoms with E-state index in [4.69, 9.17) is 4.74 Å². The first kappa shape index (κ1) is 17.7. The van der Waals surface area contributed by atoms with Gasteiger partial charge in [-0.2, -0.15) is 5.26 Å². The van der Waals surface area contributed by atoms with E-state index in [-0.39, 0.29) is 0 Å². The molecule has 130 valence electrons. The Balaban J connectivity index is 1.80. The predicted molar refractivity (Wildman–Crippen MR) is 107 cm³/mol. The Kier molecular flexibility index (Phi) is 5.67. The van der Waals surface area contributed by atoms with Gasteiger partial charge in [-0.25, -0.2) is 4.98 Å². The summed E-state index contributed by atoms with van der Waals surface area (Å²) in [5, 5.41) is 15.3. The first-order valence-corrected chi connectivity index (χ1v) is 9.17. The van der Waals surface area contributed by atoms with E-state index in [1.807, 2.05) is 29.6 Å². The zero-order chi connectivity index (χ0) is 18.4. The van der Waals surface area contributed by atoms with E-state index in [0.717, 1.165) is 29.1 Å².